The Morgan fingerprint density at radius 1 is 1.17 bits per heavy atom. The van der Waals surface area contributed by atoms with Crippen LogP contribution in [0.1, 0.15) is 18.4 Å². The molecule has 2 fully saturated rings. The highest BCUT2D eigenvalue weighted by molar-refractivity contribution is 7.85. The molecule has 3 aromatic rings. The maximum atomic E-state index is 12.1. The number of carbonyl (C=O) groups excluding carboxylic acids is 1. The standard InChI is InChI=1S/C20H22N6O2S/c27-19(15-5-6-15)25-20-23-16(17-18(24-20)22-12-21-17)14-3-1-13(2-4-14)11-26-7-9-29(28)10-8-26/h1-4,12,15H,5-11H2,(H2,21,22,23,24,25,27). The van der Waals surface area contributed by atoms with E-state index in [4.69, 9.17) is 0 Å². The predicted molar refractivity (Wildman–Crippen MR) is 112 cm³/mol. The first-order valence-corrected chi connectivity index (χ1v) is 11.3. The molecule has 8 nitrogen and oxygen atoms in total. The van der Waals surface area contributed by atoms with Gasteiger partial charge in [0, 0.05) is 53.4 Å². The summed E-state index contributed by atoms with van der Waals surface area (Å²) < 4.78 is 11.5. The molecular formula is C20H22N6O2S. The average molecular weight is 411 g/mol. The Labute approximate surface area is 170 Å². The number of nitrogens with one attached hydrogen (secondary N) is 2. The van der Waals surface area contributed by atoms with Crippen LogP contribution in [0.25, 0.3) is 22.4 Å². The molecule has 1 amide bonds. The highest BCUT2D eigenvalue weighted by Crippen LogP contribution is 2.31. The number of hydrogen-bond donors (Lipinski definition) is 2. The van der Waals surface area contributed by atoms with Crippen molar-refractivity contribution < 1.29 is 9.00 Å². The molecule has 1 aliphatic heterocycles. The molecule has 0 radical (unpaired) electrons. The topological polar surface area (TPSA) is 104 Å². The van der Waals surface area contributed by atoms with Gasteiger partial charge in [0.15, 0.2) is 5.65 Å². The number of benzene rings is 1. The Morgan fingerprint density at radius 3 is 2.66 bits per heavy atom. The van der Waals surface area contributed by atoms with Gasteiger partial charge in [-0.2, -0.15) is 4.98 Å². The van der Waals surface area contributed by atoms with Crippen molar-refractivity contribution in [3.8, 4) is 11.3 Å². The fourth-order valence-electron chi connectivity index (χ4n) is 3.52. The van der Waals surface area contributed by atoms with E-state index in [9.17, 15) is 9.00 Å². The van der Waals surface area contributed by atoms with Gasteiger partial charge in [-0.25, -0.2) is 9.97 Å². The molecule has 1 saturated carbocycles. The van der Waals surface area contributed by atoms with Gasteiger partial charge in [-0.05, 0) is 18.4 Å². The Kier molecular flexibility index (Phi) is 4.84. The summed E-state index contributed by atoms with van der Waals surface area (Å²) in [5.74, 6) is 1.87. The van der Waals surface area contributed by atoms with Crippen LogP contribution in [0.4, 0.5) is 5.95 Å². The molecule has 2 N–H and O–H groups in total. The zero-order valence-electron chi connectivity index (χ0n) is 15.9. The van der Waals surface area contributed by atoms with E-state index < -0.39 is 10.8 Å². The lowest BCUT2D eigenvalue weighted by Gasteiger charge is -2.26. The summed E-state index contributed by atoms with van der Waals surface area (Å²) in [6, 6.07) is 8.25. The van der Waals surface area contributed by atoms with E-state index in [-0.39, 0.29) is 11.8 Å². The van der Waals surface area contributed by atoms with Crippen LogP contribution in [-0.2, 0) is 22.1 Å². The number of imidazole rings is 1. The fraction of sp³-hybridized carbons (Fsp3) is 0.400. The molecule has 1 aliphatic carbocycles. The van der Waals surface area contributed by atoms with Gasteiger partial charge in [0.1, 0.15) is 11.2 Å². The third kappa shape index (κ3) is 4.06. The summed E-state index contributed by atoms with van der Waals surface area (Å²) in [5, 5.41) is 2.82. The summed E-state index contributed by atoms with van der Waals surface area (Å²) in [7, 11) is -0.658. The predicted octanol–water partition coefficient (Wildman–Crippen LogP) is 1.93. The Balaban J connectivity index is 1.38. The molecule has 0 spiro atoms. The van der Waals surface area contributed by atoms with E-state index in [2.05, 4.69) is 42.3 Å². The SMILES string of the molecule is O=C(Nc1nc(-c2ccc(CN3CCS(=O)CC3)cc2)c2[nH]cnc2n1)C1CC1. The number of hydrogen-bond acceptors (Lipinski definition) is 6. The lowest BCUT2D eigenvalue weighted by molar-refractivity contribution is -0.117. The number of rotatable bonds is 5. The van der Waals surface area contributed by atoms with Crippen LogP contribution in [0.2, 0.25) is 0 Å². The van der Waals surface area contributed by atoms with E-state index in [0.29, 0.717) is 11.6 Å². The molecular weight excluding hydrogens is 388 g/mol. The van der Waals surface area contributed by atoms with Crippen molar-refractivity contribution in [2.45, 2.75) is 19.4 Å². The molecule has 29 heavy (non-hydrogen) atoms. The minimum Gasteiger partial charge on any atom is -0.341 e. The number of H-pyrrole nitrogens is 1. The quantitative estimate of drug-likeness (QED) is 0.666. The van der Waals surface area contributed by atoms with Crippen molar-refractivity contribution in [1.82, 2.24) is 24.8 Å². The van der Waals surface area contributed by atoms with Gasteiger partial charge in [-0.15, -0.1) is 0 Å². The molecule has 0 bridgehead atoms. The molecule has 5 rings (SSSR count). The third-order valence-corrected chi connectivity index (χ3v) is 6.65. The first-order chi connectivity index (χ1) is 14.2. The summed E-state index contributed by atoms with van der Waals surface area (Å²) in [6.07, 6.45) is 3.44. The fourth-order valence-corrected chi connectivity index (χ4v) is 4.64. The Hall–Kier alpha value is -2.65. The Morgan fingerprint density at radius 2 is 1.93 bits per heavy atom. The van der Waals surface area contributed by atoms with E-state index in [1.807, 2.05) is 12.1 Å². The second-order valence-corrected chi connectivity index (χ2v) is 9.28. The number of aromatic amines is 1. The van der Waals surface area contributed by atoms with Crippen LogP contribution >= 0.6 is 0 Å². The van der Waals surface area contributed by atoms with Crippen LogP contribution in [0.15, 0.2) is 30.6 Å². The second-order valence-electron chi connectivity index (χ2n) is 7.58. The van der Waals surface area contributed by atoms with Gasteiger partial charge in [-0.3, -0.25) is 19.2 Å². The minimum absolute atomic E-state index is 0.0244. The normalized spacial score (nSPS) is 18.2. The van der Waals surface area contributed by atoms with Crippen LogP contribution in [0.3, 0.4) is 0 Å². The van der Waals surface area contributed by atoms with Crippen LogP contribution in [0, 0.1) is 5.92 Å². The van der Waals surface area contributed by atoms with E-state index >= 15 is 0 Å². The molecule has 3 heterocycles. The summed E-state index contributed by atoms with van der Waals surface area (Å²) in [5.41, 5.74) is 4.15. The smallest absolute Gasteiger partial charge is 0.232 e. The summed E-state index contributed by atoms with van der Waals surface area (Å²) >= 11 is 0. The minimum atomic E-state index is -0.658. The molecule has 2 aliphatic rings. The van der Waals surface area contributed by atoms with E-state index in [1.54, 1.807) is 6.33 Å². The number of amides is 1. The highest BCUT2D eigenvalue weighted by Gasteiger charge is 2.30. The van der Waals surface area contributed by atoms with Crippen molar-refractivity contribution in [3.05, 3.63) is 36.2 Å². The number of anilines is 1. The van der Waals surface area contributed by atoms with Gasteiger partial charge < -0.3 is 4.98 Å². The molecule has 0 atom stereocenters. The van der Waals surface area contributed by atoms with Crippen LogP contribution in [0.5, 0.6) is 0 Å². The van der Waals surface area contributed by atoms with E-state index in [1.165, 1.54) is 5.56 Å². The first kappa shape index (κ1) is 18.4. The zero-order chi connectivity index (χ0) is 19.8. The van der Waals surface area contributed by atoms with Crippen molar-refractivity contribution in [3.63, 3.8) is 0 Å². The van der Waals surface area contributed by atoms with Crippen molar-refractivity contribution >= 4 is 33.8 Å². The van der Waals surface area contributed by atoms with Crippen molar-refractivity contribution in [2.24, 2.45) is 5.92 Å². The third-order valence-electron chi connectivity index (χ3n) is 5.37. The van der Waals surface area contributed by atoms with Gasteiger partial charge >= 0.3 is 0 Å². The molecule has 1 aromatic carbocycles. The van der Waals surface area contributed by atoms with Crippen molar-refractivity contribution in [2.75, 3.05) is 29.9 Å². The zero-order valence-corrected chi connectivity index (χ0v) is 16.7. The summed E-state index contributed by atoms with van der Waals surface area (Å²) in [4.78, 5) is 30.7. The maximum Gasteiger partial charge on any atom is 0.232 e. The number of fused-ring (bicyclic) bond motifs is 1. The van der Waals surface area contributed by atoms with Gasteiger partial charge in [0.2, 0.25) is 11.9 Å². The number of aromatic nitrogens is 4. The second kappa shape index (κ2) is 7.64. The highest BCUT2D eigenvalue weighted by atomic mass is 32.2. The molecule has 0 unspecified atom stereocenters. The molecule has 150 valence electrons. The largest absolute Gasteiger partial charge is 0.341 e. The lowest BCUT2D eigenvalue weighted by Crippen LogP contribution is -2.37. The maximum absolute atomic E-state index is 12.1. The van der Waals surface area contributed by atoms with Crippen LogP contribution < -0.4 is 5.32 Å². The number of carbonyl (C=O) groups is 1. The van der Waals surface area contributed by atoms with E-state index in [0.717, 1.165) is 60.8 Å². The van der Waals surface area contributed by atoms with Gasteiger partial charge in [0.05, 0.1) is 6.33 Å². The lowest BCUT2D eigenvalue weighted by atomic mass is 10.1. The molecule has 2 aromatic heterocycles. The number of nitrogens with zero attached hydrogens (tertiary/aromatic N) is 4. The van der Waals surface area contributed by atoms with Crippen molar-refractivity contribution in [1.29, 1.82) is 0 Å². The Bertz CT molecular complexity index is 1070. The molecule has 9 heteroatoms. The summed E-state index contributed by atoms with van der Waals surface area (Å²) in [6.45, 7) is 2.60. The average Bonchev–Trinajstić information content (AvgIpc) is 3.48. The molecule has 1 saturated heterocycles. The van der Waals surface area contributed by atoms with Gasteiger partial charge in [0.25, 0.3) is 0 Å². The first-order valence-electron chi connectivity index (χ1n) is 9.84. The van der Waals surface area contributed by atoms with Gasteiger partial charge in [-0.1, -0.05) is 24.3 Å². The van der Waals surface area contributed by atoms with Crippen LogP contribution in [-0.4, -0.2) is 59.5 Å². The monoisotopic (exact) mass is 410 g/mol.